The number of ether oxygens (including phenoxy) is 1. The van der Waals surface area contributed by atoms with E-state index < -0.39 is 0 Å². The van der Waals surface area contributed by atoms with Crippen molar-refractivity contribution in [2.45, 2.75) is 26.2 Å². The number of aryl methyl sites for hydroxylation is 1. The number of anilines is 2. The molecule has 5 nitrogen and oxygen atoms in total. The maximum Gasteiger partial charge on any atom is 0.222 e. The number of benzene rings is 1. The van der Waals surface area contributed by atoms with Crippen molar-refractivity contribution >= 4 is 17.8 Å². The molecule has 0 spiro atoms. The van der Waals surface area contributed by atoms with Crippen LogP contribution in [0.2, 0.25) is 0 Å². The standard InChI is InChI=1S/C17H22N4O/c1-11-14(15(18)21-16(19)20-11)9-10-17(2,3)12-5-7-13(22-4)8-6-12/h5-10H,1-4H3,(H4,18,19,20,21)/b10-9+. The lowest BCUT2D eigenvalue weighted by Crippen LogP contribution is -2.13. The molecule has 0 unspecified atom stereocenters. The molecule has 1 aromatic heterocycles. The van der Waals surface area contributed by atoms with Gasteiger partial charge in [-0.05, 0) is 24.6 Å². The summed E-state index contributed by atoms with van der Waals surface area (Å²) < 4.78 is 5.19. The number of hydrogen-bond acceptors (Lipinski definition) is 5. The number of rotatable bonds is 4. The van der Waals surface area contributed by atoms with Gasteiger partial charge in [0, 0.05) is 11.0 Å². The topological polar surface area (TPSA) is 87.0 Å². The van der Waals surface area contributed by atoms with Gasteiger partial charge in [-0.25, -0.2) is 4.98 Å². The van der Waals surface area contributed by atoms with Crippen LogP contribution in [0.3, 0.4) is 0 Å². The molecule has 0 atom stereocenters. The minimum Gasteiger partial charge on any atom is -0.497 e. The molecule has 0 aliphatic heterocycles. The Kier molecular flexibility index (Phi) is 4.35. The van der Waals surface area contributed by atoms with Crippen molar-refractivity contribution in [1.82, 2.24) is 9.97 Å². The van der Waals surface area contributed by atoms with Gasteiger partial charge in [0.2, 0.25) is 5.95 Å². The quantitative estimate of drug-likeness (QED) is 0.906. The number of aromatic nitrogens is 2. The summed E-state index contributed by atoms with van der Waals surface area (Å²) in [5, 5.41) is 0. The molecule has 1 heterocycles. The van der Waals surface area contributed by atoms with Crippen LogP contribution in [-0.4, -0.2) is 17.1 Å². The Bertz CT molecular complexity index is 667. The van der Waals surface area contributed by atoms with Crippen molar-refractivity contribution in [3.63, 3.8) is 0 Å². The van der Waals surface area contributed by atoms with Crippen molar-refractivity contribution in [3.8, 4) is 5.75 Å². The van der Waals surface area contributed by atoms with E-state index in [0.29, 0.717) is 5.82 Å². The van der Waals surface area contributed by atoms with Crippen LogP contribution in [0.25, 0.3) is 6.08 Å². The highest BCUT2D eigenvalue weighted by Gasteiger charge is 2.17. The van der Waals surface area contributed by atoms with E-state index in [4.69, 9.17) is 16.2 Å². The fourth-order valence-corrected chi connectivity index (χ4v) is 2.24. The smallest absolute Gasteiger partial charge is 0.222 e. The molecule has 0 aliphatic carbocycles. The highest BCUT2D eigenvalue weighted by molar-refractivity contribution is 5.65. The number of methoxy groups -OCH3 is 1. The Labute approximate surface area is 131 Å². The number of hydrogen-bond donors (Lipinski definition) is 2. The second kappa shape index (κ2) is 6.05. The van der Waals surface area contributed by atoms with E-state index in [-0.39, 0.29) is 11.4 Å². The van der Waals surface area contributed by atoms with Gasteiger partial charge in [0.15, 0.2) is 0 Å². The molecular weight excluding hydrogens is 276 g/mol. The summed E-state index contributed by atoms with van der Waals surface area (Å²) in [7, 11) is 1.66. The van der Waals surface area contributed by atoms with E-state index in [0.717, 1.165) is 17.0 Å². The van der Waals surface area contributed by atoms with Gasteiger partial charge in [0.05, 0.1) is 12.8 Å². The molecule has 5 heteroatoms. The normalized spacial score (nSPS) is 11.8. The first-order valence-electron chi connectivity index (χ1n) is 7.07. The van der Waals surface area contributed by atoms with Crippen molar-refractivity contribution in [2.75, 3.05) is 18.6 Å². The van der Waals surface area contributed by atoms with E-state index in [9.17, 15) is 0 Å². The second-order valence-corrected chi connectivity index (χ2v) is 5.75. The minimum absolute atomic E-state index is 0.160. The van der Waals surface area contributed by atoms with Gasteiger partial charge >= 0.3 is 0 Å². The van der Waals surface area contributed by atoms with Crippen molar-refractivity contribution in [2.24, 2.45) is 0 Å². The highest BCUT2D eigenvalue weighted by atomic mass is 16.5. The van der Waals surface area contributed by atoms with Gasteiger partial charge in [-0.15, -0.1) is 0 Å². The molecule has 116 valence electrons. The van der Waals surface area contributed by atoms with Crippen molar-refractivity contribution in [1.29, 1.82) is 0 Å². The van der Waals surface area contributed by atoms with Gasteiger partial charge in [-0.1, -0.05) is 38.1 Å². The molecule has 2 aromatic rings. The van der Waals surface area contributed by atoms with E-state index in [2.05, 4.69) is 42.0 Å². The lowest BCUT2D eigenvalue weighted by Gasteiger charge is -2.21. The number of nitrogens with two attached hydrogens (primary N) is 2. The van der Waals surface area contributed by atoms with Gasteiger partial charge in [0.25, 0.3) is 0 Å². The molecule has 0 amide bonds. The lowest BCUT2D eigenvalue weighted by molar-refractivity contribution is 0.414. The van der Waals surface area contributed by atoms with Crippen molar-refractivity contribution < 1.29 is 4.74 Å². The summed E-state index contributed by atoms with van der Waals surface area (Å²) in [6.45, 7) is 6.14. The van der Waals surface area contributed by atoms with Gasteiger partial charge in [0.1, 0.15) is 11.6 Å². The zero-order chi connectivity index (χ0) is 16.3. The summed E-state index contributed by atoms with van der Waals surface area (Å²) in [5.41, 5.74) is 14.1. The average Bonchev–Trinajstić information content (AvgIpc) is 2.46. The second-order valence-electron chi connectivity index (χ2n) is 5.75. The minimum atomic E-state index is -0.160. The average molecular weight is 298 g/mol. The monoisotopic (exact) mass is 298 g/mol. The third-order valence-electron chi connectivity index (χ3n) is 3.68. The summed E-state index contributed by atoms with van der Waals surface area (Å²) in [4.78, 5) is 8.16. The lowest BCUT2D eigenvalue weighted by atomic mass is 9.84. The summed E-state index contributed by atoms with van der Waals surface area (Å²) in [6, 6.07) is 8.02. The number of nitrogen functional groups attached to an aromatic ring is 2. The maximum atomic E-state index is 5.93. The largest absolute Gasteiger partial charge is 0.497 e. The van der Waals surface area contributed by atoms with Crippen LogP contribution in [0, 0.1) is 6.92 Å². The summed E-state index contributed by atoms with van der Waals surface area (Å²) in [6.07, 6.45) is 4.04. The zero-order valence-corrected chi connectivity index (χ0v) is 13.4. The van der Waals surface area contributed by atoms with Crippen LogP contribution in [0.4, 0.5) is 11.8 Å². The maximum absolute atomic E-state index is 5.93. The third-order valence-corrected chi connectivity index (χ3v) is 3.68. The van der Waals surface area contributed by atoms with Gasteiger partial charge in [-0.3, -0.25) is 0 Å². The van der Waals surface area contributed by atoms with Gasteiger partial charge in [-0.2, -0.15) is 4.98 Å². The zero-order valence-electron chi connectivity index (χ0n) is 13.4. The van der Waals surface area contributed by atoms with Crippen LogP contribution in [0.15, 0.2) is 30.3 Å². The summed E-state index contributed by atoms with van der Waals surface area (Å²) >= 11 is 0. The van der Waals surface area contributed by atoms with E-state index in [1.54, 1.807) is 7.11 Å². The summed E-state index contributed by atoms with van der Waals surface area (Å²) in [5.74, 6) is 1.43. The molecule has 0 radical (unpaired) electrons. The predicted octanol–water partition coefficient (Wildman–Crippen LogP) is 2.95. The van der Waals surface area contributed by atoms with Crippen LogP contribution in [-0.2, 0) is 5.41 Å². The molecule has 0 bridgehead atoms. The van der Waals surface area contributed by atoms with E-state index >= 15 is 0 Å². The van der Waals surface area contributed by atoms with E-state index in [1.807, 2.05) is 25.1 Å². The van der Waals surface area contributed by atoms with Crippen LogP contribution in [0.5, 0.6) is 5.75 Å². The fourth-order valence-electron chi connectivity index (χ4n) is 2.24. The first kappa shape index (κ1) is 15.8. The predicted molar refractivity (Wildman–Crippen MR) is 90.6 cm³/mol. The van der Waals surface area contributed by atoms with Gasteiger partial charge < -0.3 is 16.2 Å². The Hall–Kier alpha value is -2.56. The molecular formula is C17H22N4O. The first-order valence-corrected chi connectivity index (χ1v) is 7.07. The molecule has 0 fully saturated rings. The SMILES string of the molecule is COc1ccc(C(C)(C)/C=C/c2c(C)nc(N)nc2N)cc1. The third kappa shape index (κ3) is 3.36. The molecule has 0 aliphatic rings. The Balaban J connectivity index is 2.31. The highest BCUT2D eigenvalue weighted by Crippen LogP contribution is 2.28. The van der Waals surface area contributed by atoms with Crippen LogP contribution < -0.4 is 16.2 Å². The molecule has 2 rings (SSSR count). The number of nitrogens with zero attached hydrogens (tertiary/aromatic N) is 2. The molecule has 22 heavy (non-hydrogen) atoms. The number of allylic oxidation sites excluding steroid dienone is 1. The molecule has 4 N–H and O–H groups in total. The molecule has 0 saturated carbocycles. The van der Waals surface area contributed by atoms with E-state index in [1.165, 1.54) is 5.56 Å². The van der Waals surface area contributed by atoms with Crippen LogP contribution >= 0.6 is 0 Å². The van der Waals surface area contributed by atoms with Crippen LogP contribution in [0.1, 0.15) is 30.7 Å². The van der Waals surface area contributed by atoms with Crippen molar-refractivity contribution in [3.05, 3.63) is 47.2 Å². The molecule has 0 saturated heterocycles. The Morgan fingerprint density at radius 2 is 1.73 bits per heavy atom. The Morgan fingerprint density at radius 3 is 2.27 bits per heavy atom. The molecule has 1 aromatic carbocycles. The Morgan fingerprint density at radius 1 is 1.09 bits per heavy atom. The first-order chi connectivity index (χ1) is 10.3. The fraction of sp³-hybridized carbons (Fsp3) is 0.294.